The summed E-state index contributed by atoms with van der Waals surface area (Å²) in [5, 5.41) is 0. The van der Waals surface area contributed by atoms with Crippen LogP contribution in [-0.2, 0) is 0 Å². The summed E-state index contributed by atoms with van der Waals surface area (Å²) < 4.78 is 0. The number of aromatic amines is 1. The molecule has 5 heteroatoms. The van der Waals surface area contributed by atoms with Gasteiger partial charge in [-0.15, -0.1) is 0 Å². The first-order valence-electron chi connectivity index (χ1n) is 7.58. The zero-order valence-corrected chi connectivity index (χ0v) is 12.6. The van der Waals surface area contributed by atoms with Crippen molar-refractivity contribution in [3.05, 3.63) is 63.8 Å². The van der Waals surface area contributed by atoms with Crippen molar-refractivity contribution < 1.29 is 4.79 Å². The minimum atomic E-state index is -0.241. The Morgan fingerprint density at radius 2 is 2.18 bits per heavy atom. The lowest BCUT2D eigenvalue weighted by Crippen LogP contribution is -2.39. The molecule has 0 bridgehead atoms. The van der Waals surface area contributed by atoms with Crippen LogP contribution in [0.2, 0.25) is 0 Å². The van der Waals surface area contributed by atoms with Gasteiger partial charge in [-0.25, -0.2) is 0 Å². The Balaban J connectivity index is 1.93. The number of nitrogens with zero attached hydrogens (tertiary/aromatic N) is 2. The van der Waals surface area contributed by atoms with Crippen LogP contribution in [0.1, 0.15) is 47.1 Å². The third-order valence-electron chi connectivity index (χ3n) is 4.02. The average molecular weight is 297 g/mol. The van der Waals surface area contributed by atoms with Gasteiger partial charge >= 0.3 is 0 Å². The monoisotopic (exact) mass is 297 g/mol. The standard InChI is InChI=1S/C17H19N3O2/c1-12-10-13(11-16(21)19-12)17(22)20-9-5-3-7-15(20)14-6-2-4-8-18-14/h2,4,6,8,10-11,15H,3,5,7,9H2,1H3,(H,19,21)/t15-/m1/s1. The predicted octanol–water partition coefficient (Wildman–Crippen LogP) is 2.45. The summed E-state index contributed by atoms with van der Waals surface area (Å²) in [6, 6.07) is 8.87. The van der Waals surface area contributed by atoms with Crippen LogP contribution < -0.4 is 5.56 Å². The lowest BCUT2D eigenvalue weighted by atomic mass is 9.97. The molecule has 2 aromatic heterocycles. The molecule has 0 saturated carbocycles. The van der Waals surface area contributed by atoms with Gasteiger partial charge in [-0.05, 0) is 44.4 Å². The minimum Gasteiger partial charge on any atom is -0.330 e. The summed E-state index contributed by atoms with van der Waals surface area (Å²) in [4.78, 5) is 33.4. The molecule has 1 N–H and O–H groups in total. The number of pyridine rings is 2. The van der Waals surface area contributed by atoms with Crippen molar-refractivity contribution in [2.24, 2.45) is 0 Å². The normalized spacial score (nSPS) is 18.2. The second kappa shape index (κ2) is 6.13. The highest BCUT2D eigenvalue weighted by Gasteiger charge is 2.29. The first-order valence-corrected chi connectivity index (χ1v) is 7.58. The molecule has 1 amide bonds. The second-order valence-corrected chi connectivity index (χ2v) is 5.68. The number of piperidine rings is 1. The van der Waals surface area contributed by atoms with Crippen LogP contribution in [0.25, 0.3) is 0 Å². The summed E-state index contributed by atoms with van der Waals surface area (Å²) in [5.41, 5.74) is 1.82. The van der Waals surface area contributed by atoms with E-state index in [1.54, 1.807) is 19.2 Å². The third kappa shape index (κ3) is 2.93. The van der Waals surface area contributed by atoms with Gasteiger partial charge in [-0.1, -0.05) is 6.07 Å². The molecule has 1 saturated heterocycles. The van der Waals surface area contributed by atoms with Crippen LogP contribution in [-0.4, -0.2) is 27.3 Å². The first kappa shape index (κ1) is 14.5. The Labute approximate surface area is 129 Å². The van der Waals surface area contributed by atoms with E-state index in [1.807, 2.05) is 23.1 Å². The molecular formula is C17H19N3O2. The van der Waals surface area contributed by atoms with Crippen molar-refractivity contribution in [3.63, 3.8) is 0 Å². The van der Waals surface area contributed by atoms with Crippen LogP contribution in [0.4, 0.5) is 0 Å². The van der Waals surface area contributed by atoms with Crippen molar-refractivity contribution >= 4 is 5.91 Å². The number of carbonyl (C=O) groups excluding carboxylic acids is 1. The van der Waals surface area contributed by atoms with E-state index < -0.39 is 0 Å². The van der Waals surface area contributed by atoms with Crippen molar-refractivity contribution in [2.45, 2.75) is 32.2 Å². The lowest BCUT2D eigenvalue weighted by Gasteiger charge is -2.35. The fourth-order valence-corrected chi connectivity index (χ4v) is 3.03. The molecule has 1 atom stereocenters. The molecule has 114 valence electrons. The molecule has 22 heavy (non-hydrogen) atoms. The molecule has 2 aromatic rings. The minimum absolute atomic E-state index is 0.0120. The average Bonchev–Trinajstić information content (AvgIpc) is 2.54. The molecule has 0 radical (unpaired) electrons. The van der Waals surface area contributed by atoms with Crippen molar-refractivity contribution in [3.8, 4) is 0 Å². The summed E-state index contributed by atoms with van der Waals surface area (Å²) in [7, 11) is 0. The molecule has 5 nitrogen and oxygen atoms in total. The predicted molar refractivity (Wildman–Crippen MR) is 83.7 cm³/mol. The van der Waals surface area contributed by atoms with Crippen LogP contribution >= 0.6 is 0 Å². The molecule has 0 spiro atoms. The van der Waals surface area contributed by atoms with E-state index in [9.17, 15) is 9.59 Å². The Morgan fingerprint density at radius 1 is 1.32 bits per heavy atom. The summed E-state index contributed by atoms with van der Waals surface area (Å²) >= 11 is 0. The lowest BCUT2D eigenvalue weighted by molar-refractivity contribution is 0.0605. The van der Waals surface area contributed by atoms with Gasteiger partial charge in [-0.2, -0.15) is 0 Å². The molecule has 1 fully saturated rings. The summed E-state index contributed by atoms with van der Waals surface area (Å²) in [6.45, 7) is 2.48. The second-order valence-electron chi connectivity index (χ2n) is 5.68. The quantitative estimate of drug-likeness (QED) is 0.926. The van der Waals surface area contributed by atoms with Crippen LogP contribution in [0.15, 0.2) is 41.3 Å². The number of H-pyrrole nitrogens is 1. The number of rotatable bonds is 2. The van der Waals surface area contributed by atoms with Gasteiger partial charge in [-0.3, -0.25) is 14.6 Å². The van der Waals surface area contributed by atoms with Gasteiger partial charge in [0.2, 0.25) is 5.56 Å². The maximum Gasteiger partial charge on any atom is 0.254 e. The topological polar surface area (TPSA) is 66.1 Å². The molecular weight excluding hydrogens is 278 g/mol. The van der Waals surface area contributed by atoms with Gasteiger partial charge < -0.3 is 9.88 Å². The number of aromatic nitrogens is 2. The fraction of sp³-hybridized carbons (Fsp3) is 0.353. The van der Waals surface area contributed by atoms with E-state index in [-0.39, 0.29) is 17.5 Å². The number of carbonyl (C=O) groups is 1. The highest BCUT2D eigenvalue weighted by atomic mass is 16.2. The molecule has 3 rings (SSSR count). The largest absolute Gasteiger partial charge is 0.330 e. The van der Waals surface area contributed by atoms with E-state index >= 15 is 0 Å². The fourth-order valence-electron chi connectivity index (χ4n) is 3.03. The van der Waals surface area contributed by atoms with E-state index in [1.165, 1.54) is 6.07 Å². The number of nitrogens with one attached hydrogen (secondary N) is 1. The van der Waals surface area contributed by atoms with E-state index in [0.29, 0.717) is 17.8 Å². The number of hydrogen-bond donors (Lipinski definition) is 1. The zero-order chi connectivity index (χ0) is 15.5. The van der Waals surface area contributed by atoms with Gasteiger partial charge in [0.1, 0.15) is 0 Å². The number of hydrogen-bond acceptors (Lipinski definition) is 3. The molecule has 0 unspecified atom stereocenters. The number of likely N-dealkylation sites (tertiary alicyclic amines) is 1. The zero-order valence-electron chi connectivity index (χ0n) is 12.6. The third-order valence-corrected chi connectivity index (χ3v) is 4.02. The first-order chi connectivity index (χ1) is 10.6. The van der Waals surface area contributed by atoms with Crippen LogP contribution in [0.3, 0.4) is 0 Å². The number of aryl methyl sites for hydroxylation is 1. The Bertz CT molecular complexity index is 724. The molecule has 0 aromatic carbocycles. The maximum absolute atomic E-state index is 12.8. The van der Waals surface area contributed by atoms with Gasteiger partial charge in [0.25, 0.3) is 5.91 Å². The summed E-state index contributed by atoms with van der Waals surface area (Å²) in [5.74, 6) is -0.0930. The van der Waals surface area contributed by atoms with Crippen molar-refractivity contribution in [1.82, 2.24) is 14.9 Å². The molecule has 1 aliphatic heterocycles. The smallest absolute Gasteiger partial charge is 0.254 e. The Morgan fingerprint density at radius 3 is 2.91 bits per heavy atom. The van der Waals surface area contributed by atoms with Crippen molar-refractivity contribution in [1.29, 1.82) is 0 Å². The highest BCUT2D eigenvalue weighted by Crippen LogP contribution is 2.30. The molecule has 3 heterocycles. The van der Waals surface area contributed by atoms with Gasteiger partial charge in [0.05, 0.1) is 11.7 Å². The molecule has 0 aliphatic carbocycles. The van der Waals surface area contributed by atoms with E-state index in [0.717, 1.165) is 25.0 Å². The van der Waals surface area contributed by atoms with Crippen LogP contribution in [0, 0.1) is 6.92 Å². The SMILES string of the molecule is Cc1cc(C(=O)N2CCCC[C@@H]2c2ccccn2)cc(=O)[nH]1. The number of amides is 1. The molecule has 1 aliphatic rings. The van der Waals surface area contributed by atoms with Gasteiger partial charge in [0, 0.05) is 30.1 Å². The van der Waals surface area contributed by atoms with E-state index in [4.69, 9.17) is 0 Å². The maximum atomic E-state index is 12.8. The van der Waals surface area contributed by atoms with Gasteiger partial charge in [0.15, 0.2) is 0 Å². The Kier molecular flexibility index (Phi) is 4.04. The van der Waals surface area contributed by atoms with Crippen molar-refractivity contribution in [2.75, 3.05) is 6.54 Å². The van der Waals surface area contributed by atoms with E-state index in [2.05, 4.69) is 9.97 Å². The van der Waals surface area contributed by atoms with Crippen LogP contribution in [0.5, 0.6) is 0 Å². The Hall–Kier alpha value is -2.43. The summed E-state index contributed by atoms with van der Waals surface area (Å²) in [6.07, 6.45) is 4.73. The highest BCUT2D eigenvalue weighted by molar-refractivity contribution is 5.94.